The molecular weight excluding hydrogens is 423 g/mol. The van der Waals surface area contributed by atoms with Gasteiger partial charge in [-0.2, -0.15) is 0 Å². The van der Waals surface area contributed by atoms with Crippen LogP contribution in [0.25, 0.3) is 0 Å². The lowest BCUT2D eigenvalue weighted by Crippen LogP contribution is -2.41. The number of nitrogens with one attached hydrogen (secondary N) is 2. The minimum absolute atomic E-state index is 0. The molecule has 0 aromatic heterocycles. The molecule has 2 aromatic rings. The first-order chi connectivity index (χ1) is 11.7. The predicted molar refractivity (Wildman–Crippen MR) is 118 cm³/mol. The smallest absolute Gasteiger partial charge is 0.191 e. The van der Waals surface area contributed by atoms with E-state index < -0.39 is 0 Å². The van der Waals surface area contributed by atoms with Gasteiger partial charge in [-0.3, -0.25) is 0 Å². The Labute approximate surface area is 168 Å². The minimum Gasteiger partial charge on any atom is -0.357 e. The number of rotatable bonds is 7. The van der Waals surface area contributed by atoms with E-state index in [0.717, 1.165) is 19.0 Å². The summed E-state index contributed by atoms with van der Waals surface area (Å²) in [7, 11) is 4.21. The summed E-state index contributed by atoms with van der Waals surface area (Å²) < 4.78 is 0. The van der Waals surface area contributed by atoms with Crippen molar-refractivity contribution in [2.45, 2.75) is 19.5 Å². The first-order valence-corrected chi connectivity index (χ1v) is 8.48. The zero-order chi connectivity index (χ0) is 17.2. The van der Waals surface area contributed by atoms with E-state index in [1.54, 1.807) is 0 Å². The highest BCUT2D eigenvalue weighted by atomic mass is 127. The molecule has 0 aliphatic heterocycles. The highest BCUT2D eigenvalue weighted by Crippen LogP contribution is 2.16. The first kappa shape index (κ1) is 21.4. The minimum atomic E-state index is 0. The third-order valence-electron chi connectivity index (χ3n) is 3.88. The monoisotopic (exact) mass is 452 g/mol. The molecule has 4 nitrogen and oxygen atoms in total. The number of halogens is 1. The first-order valence-electron chi connectivity index (χ1n) is 8.48. The third-order valence-corrected chi connectivity index (χ3v) is 3.88. The van der Waals surface area contributed by atoms with Crippen molar-refractivity contribution in [3.63, 3.8) is 0 Å². The van der Waals surface area contributed by atoms with Crippen LogP contribution >= 0.6 is 24.0 Å². The van der Waals surface area contributed by atoms with Gasteiger partial charge < -0.3 is 15.5 Å². The van der Waals surface area contributed by atoms with E-state index in [4.69, 9.17) is 0 Å². The summed E-state index contributed by atoms with van der Waals surface area (Å²) in [4.78, 5) is 6.91. The van der Waals surface area contributed by atoms with Gasteiger partial charge in [0.1, 0.15) is 0 Å². The molecule has 2 rings (SSSR count). The van der Waals surface area contributed by atoms with Crippen molar-refractivity contribution in [1.29, 1.82) is 0 Å². The number of nitrogens with zero attached hydrogens (tertiary/aromatic N) is 2. The SMILES string of the molecule is CCNC(=NCc1ccccc1)NCC(c1ccccc1)N(C)C.I. The Morgan fingerprint density at radius 3 is 2.12 bits per heavy atom. The van der Waals surface area contributed by atoms with E-state index in [9.17, 15) is 0 Å². The summed E-state index contributed by atoms with van der Waals surface area (Å²) in [5, 5.41) is 6.79. The predicted octanol–water partition coefficient (Wildman–Crippen LogP) is 3.66. The Bertz CT molecular complexity index is 614. The fraction of sp³-hybridized carbons (Fsp3) is 0.350. The zero-order valence-corrected chi connectivity index (χ0v) is 17.6. The summed E-state index contributed by atoms with van der Waals surface area (Å²) in [5.41, 5.74) is 2.51. The van der Waals surface area contributed by atoms with Gasteiger partial charge >= 0.3 is 0 Å². The average molecular weight is 452 g/mol. The topological polar surface area (TPSA) is 39.7 Å². The van der Waals surface area contributed by atoms with E-state index in [0.29, 0.717) is 12.6 Å². The van der Waals surface area contributed by atoms with Crippen LogP contribution in [0.4, 0.5) is 0 Å². The fourth-order valence-corrected chi connectivity index (χ4v) is 2.56. The van der Waals surface area contributed by atoms with Crippen molar-refractivity contribution in [3.8, 4) is 0 Å². The molecule has 0 aliphatic rings. The summed E-state index contributed by atoms with van der Waals surface area (Å²) >= 11 is 0. The molecule has 0 saturated heterocycles. The molecular formula is C20H29IN4. The summed E-state index contributed by atoms with van der Waals surface area (Å²) in [6, 6.07) is 21.2. The molecule has 0 spiro atoms. The van der Waals surface area contributed by atoms with Crippen molar-refractivity contribution in [2.75, 3.05) is 27.2 Å². The molecule has 0 heterocycles. The molecule has 136 valence electrons. The molecule has 2 aromatic carbocycles. The van der Waals surface area contributed by atoms with Gasteiger partial charge in [-0.05, 0) is 32.1 Å². The van der Waals surface area contributed by atoms with Crippen molar-refractivity contribution in [2.24, 2.45) is 4.99 Å². The normalized spacial score (nSPS) is 12.4. The van der Waals surface area contributed by atoms with Gasteiger partial charge in [0.05, 0.1) is 12.6 Å². The van der Waals surface area contributed by atoms with Gasteiger partial charge in [-0.25, -0.2) is 4.99 Å². The highest BCUT2D eigenvalue weighted by molar-refractivity contribution is 14.0. The average Bonchev–Trinajstić information content (AvgIpc) is 2.61. The largest absolute Gasteiger partial charge is 0.357 e. The van der Waals surface area contributed by atoms with Gasteiger partial charge in [0.15, 0.2) is 5.96 Å². The highest BCUT2D eigenvalue weighted by Gasteiger charge is 2.14. The Kier molecular flexibility index (Phi) is 10.2. The van der Waals surface area contributed by atoms with E-state index in [2.05, 4.69) is 84.0 Å². The molecule has 1 unspecified atom stereocenters. The van der Waals surface area contributed by atoms with E-state index >= 15 is 0 Å². The van der Waals surface area contributed by atoms with Crippen molar-refractivity contribution < 1.29 is 0 Å². The molecule has 5 heteroatoms. The Balaban J connectivity index is 0.00000312. The van der Waals surface area contributed by atoms with Gasteiger partial charge in [-0.15, -0.1) is 24.0 Å². The standard InChI is InChI=1S/C20H28N4.HI/c1-4-21-20(22-15-17-11-7-5-8-12-17)23-16-19(24(2)3)18-13-9-6-10-14-18;/h5-14,19H,4,15-16H2,1-3H3,(H2,21,22,23);1H. The number of guanidine groups is 1. The van der Waals surface area contributed by atoms with Crippen LogP contribution in [0.3, 0.4) is 0 Å². The fourth-order valence-electron chi connectivity index (χ4n) is 2.56. The molecule has 25 heavy (non-hydrogen) atoms. The third kappa shape index (κ3) is 7.44. The lowest BCUT2D eigenvalue weighted by atomic mass is 10.1. The number of aliphatic imine (C=N–C) groups is 1. The zero-order valence-electron chi connectivity index (χ0n) is 15.3. The van der Waals surface area contributed by atoms with Crippen LogP contribution in [0.2, 0.25) is 0 Å². The molecule has 0 fully saturated rings. The van der Waals surface area contributed by atoms with Crippen LogP contribution < -0.4 is 10.6 Å². The molecule has 0 aliphatic carbocycles. The molecule has 2 N–H and O–H groups in total. The Hall–Kier alpha value is -1.60. The van der Waals surface area contributed by atoms with Crippen LogP contribution in [0.15, 0.2) is 65.7 Å². The van der Waals surface area contributed by atoms with Crippen LogP contribution in [-0.2, 0) is 6.54 Å². The maximum absolute atomic E-state index is 4.68. The van der Waals surface area contributed by atoms with Gasteiger partial charge in [-0.1, -0.05) is 60.7 Å². The number of hydrogen-bond acceptors (Lipinski definition) is 2. The number of likely N-dealkylation sites (N-methyl/N-ethyl adjacent to an activating group) is 1. The van der Waals surface area contributed by atoms with Crippen LogP contribution in [-0.4, -0.2) is 38.0 Å². The molecule has 0 saturated carbocycles. The van der Waals surface area contributed by atoms with E-state index in [-0.39, 0.29) is 24.0 Å². The molecule has 0 bridgehead atoms. The van der Waals surface area contributed by atoms with Gasteiger partial charge in [0, 0.05) is 13.1 Å². The lowest BCUT2D eigenvalue weighted by Gasteiger charge is -2.26. The molecule has 0 radical (unpaired) electrons. The van der Waals surface area contributed by atoms with Crippen LogP contribution in [0, 0.1) is 0 Å². The van der Waals surface area contributed by atoms with Crippen LogP contribution in [0.1, 0.15) is 24.1 Å². The Morgan fingerprint density at radius 2 is 1.56 bits per heavy atom. The molecule has 0 amide bonds. The summed E-state index contributed by atoms with van der Waals surface area (Å²) in [6.07, 6.45) is 0. The van der Waals surface area contributed by atoms with Gasteiger partial charge in [0.2, 0.25) is 0 Å². The maximum atomic E-state index is 4.68. The summed E-state index contributed by atoms with van der Waals surface area (Å²) in [5.74, 6) is 0.851. The number of hydrogen-bond donors (Lipinski definition) is 2. The second kappa shape index (κ2) is 11.9. The second-order valence-electron chi connectivity index (χ2n) is 5.95. The summed E-state index contributed by atoms with van der Waals surface area (Å²) in [6.45, 7) is 4.41. The van der Waals surface area contributed by atoms with Crippen LogP contribution in [0.5, 0.6) is 0 Å². The maximum Gasteiger partial charge on any atom is 0.191 e. The van der Waals surface area contributed by atoms with Gasteiger partial charge in [0.25, 0.3) is 0 Å². The van der Waals surface area contributed by atoms with E-state index in [1.807, 2.05) is 18.2 Å². The van der Waals surface area contributed by atoms with E-state index in [1.165, 1.54) is 11.1 Å². The number of benzene rings is 2. The lowest BCUT2D eigenvalue weighted by molar-refractivity contribution is 0.298. The Morgan fingerprint density at radius 1 is 0.960 bits per heavy atom. The van der Waals surface area contributed by atoms with Crippen molar-refractivity contribution in [1.82, 2.24) is 15.5 Å². The second-order valence-corrected chi connectivity index (χ2v) is 5.95. The molecule has 1 atom stereocenters. The quantitative estimate of drug-likeness (QED) is 0.383. The van der Waals surface area contributed by atoms with Crippen molar-refractivity contribution in [3.05, 3.63) is 71.8 Å². The van der Waals surface area contributed by atoms with Crippen molar-refractivity contribution >= 4 is 29.9 Å².